The van der Waals surface area contributed by atoms with Gasteiger partial charge in [-0.3, -0.25) is 19.2 Å². The van der Waals surface area contributed by atoms with Crippen molar-refractivity contribution < 1.29 is 29.0 Å². The van der Waals surface area contributed by atoms with Crippen LogP contribution >= 0.6 is 0 Å². The summed E-state index contributed by atoms with van der Waals surface area (Å²) in [5, 5.41) is 11.7. The number of aliphatic hydroxyl groups is 1. The van der Waals surface area contributed by atoms with Crippen molar-refractivity contribution in [1.29, 1.82) is 0 Å². The average molecular weight is 414 g/mol. The number of allylic oxidation sites excluding steroid dienone is 4. The third kappa shape index (κ3) is 2.65. The van der Waals surface area contributed by atoms with E-state index in [2.05, 4.69) is 0 Å². The number of Topliss-reactive ketones (excluding diaryl/α,β-unsaturated/α-hetero) is 2. The van der Waals surface area contributed by atoms with Crippen LogP contribution in [0.5, 0.6) is 0 Å². The lowest BCUT2D eigenvalue weighted by Gasteiger charge is -2.56. The SMILES string of the molecule is CC(=O)OCC(=O)[C@@]1(O)[C@@H](C)C[C@H]2[C@@H]3CCC4=CC(=O)C=C[C@]4(C)[C@@H]3C(=O)C[C@@]21C. The standard InChI is InChI=1S/C24H30O6/c1-13-9-18-17-6-5-15-10-16(26)7-8-22(15,3)21(17)19(27)11-23(18,4)24(13,29)20(28)12-30-14(2)25/h7-8,10,13,17-18,21,29H,5-6,9,11-12H2,1-4H3/t13-,17-,18-,21-,22-,23-,24-/m0/s1. The molecule has 162 valence electrons. The molecule has 0 radical (unpaired) electrons. The normalized spacial score (nSPS) is 44.6. The summed E-state index contributed by atoms with van der Waals surface area (Å²) in [6.45, 7) is 6.50. The van der Waals surface area contributed by atoms with Gasteiger partial charge in [0.1, 0.15) is 11.4 Å². The Hall–Kier alpha value is -2.08. The van der Waals surface area contributed by atoms with Crippen LogP contribution in [0.1, 0.15) is 53.4 Å². The summed E-state index contributed by atoms with van der Waals surface area (Å²) in [5.41, 5.74) is -2.07. The zero-order valence-electron chi connectivity index (χ0n) is 18.1. The maximum absolute atomic E-state index is 13.5. The molecule has 30 heavy (non-hydrogen) atoms. The first-order valence-corrected chi connectivity index (χ1v) is 10.8. The van der Waals surface area contributed by atoms with E-state index in [1.54, 1.807) is 12.2 Å². The zero-order valence-corrected chi connectivity index (χ0v) is 18.1. The van der Waals surface area contributed by atoms with Gasteiger partial charge in [0, 0.05) is 30.1 Å². The lowest BCUT2D eigenvalue weighted by molar-refractivity contribution is -0.176. The molecule has 4 rings (SSSR count). The van der Waals surface area contributed by atoms with Crippen molar-refractivity contribution in [2.24, 2.45) is 34.5 Å². The molecular formula is C24H30O6. The predicted molar refractivity (Wildman–Crippen MR) is 108 cm³/mol. The van der Waals surface area contributed by atoms with E-state index in [1.165, 1.54) is 6.92 Å². The van der Waals surface area contributed by atoms with Gasteiger partial charge in [0.05, 0.1) is 0 Å². The number of hydrogen-bond acceptors (Lipinski definition) is 6. The molecule has 0 amide bonds. The molecule has 3 fully saturated rings. The van der Waals surface area contributed by atoms with E-state index in [-0.39, 0.29) is 41.7 Å². The van der Waals surface area contributed by atoms with Crippen molar-refractivity contribution >= 4 is 23.3 Å². The largest absolute Gasteiger partial charge is 0.458 e. The molecule has 0 aromatic heterocycles. The van der Waals surface area contributed by atoms with Gasteiger partial charge in [0.15, 0.2) is 12.4 Å². The fourth-order valence-electron chi connectivity index (χ4n) is 7.24. The van der Waals surface area contributed by atoms with Gasteiger partial charge in [0.25, 0.3) is 0 Å². The first-order valence-electron chi connectivity index (χ1n) is 10.8. The summed E-state index contributed by atoms with van der Waals surface area (Å²) in [6.07, 6.45) is 7.37. The molecular weight excluding hydrogens is 384 g/mol. The van der Waals surface area contributed by atoms with Crippen LogP contribution in [-0.4, -0.2) is 40.6 Å². The molecule has 4 aliphatic rings. The minimum absolute atomic E-state index is 0.00545. The molecule has 0 heterocycles. The highest BCUT2D eigenvalue weighted by Crippen LogP contribution is 2.67. The topological polar surface area (TPSA) is 97.7 Å². The van der Waals surface area contributed by atoms with Crippen LogP contribution in [0.15, 0.2) is 23.8 Å². The Morgan fingerprint density at radius 3 is 2.63 bits per heavy atom. The highest BCUT2D eigenvalue weighted by molar-refractivity contribution is 6.02. The molecule has 0 aliphatic heterocycles. The Bertz CT molecular complexity index is 899. The number of carbonyl (C=O) groups excluding carboxylic acids is 4. The number of rotatable bonds is 3. The van der Waals surface area contributed by atoms with E-state index in [0.717, 1.165) is 18.4 Å². The first-order chi connectivity index (χ1) is 13.9. The minimum Gasteiger partial charge on any atom is -0.458 e. The molecule has 7 atom stereocenters. The molecule has 3 saturated carbocycles. The van der Waals surface area contributed by atoms with Gasteiger partial charge in [0.2, 0.25) is 5.78 Å². The van der Waals surface area contributed by atoms with Crippen LogP contribution in [0.2, 0.25) is 0 Å². The van der Waals surface area contributed by atoms with E-state index >= 15 is 0 Å². The van der Waals surface area contributed by atoms with Gasteiger partial charge in [-0.2, -0.15) is 0 Å². The Labute approximate surface area is 176 Å². The third-order valence-electron chi connectivity index (χ3n) is 8.67. The van der Waals surface area contributed by atoms with Crippen LogP contribution in [0.3, 0.4) is 0 Å². The van der Waals surface area contributed by atoms with Crippen LogP contribution in [0, 0.1) is 34.5 Å². The second-order valence-electron chi connectivity index (χ2n) is 10.1. The van der Waals surface area contributed by atoms with Crippen molar-refractivity contribution in [3.63, 3.8) is 0 Å². The predicted octanol–water partition coefficient (Wildman–Crippen LogP) is 2.58. The van der Waals surface area contributed by atoms with Gasteiger partial charge in [-0.1, -0.05) is 32.4 Å². The van der Waals surface area contributed by atoms with Crippen molar-refractivity contribution in [3.8, 4) is 0 Å². The summed E-state index contributed by atoms with van der Waals surface area (Å²) < 4.78 is 4.90. The van der Waals surface area contributed by atoms with Gasteiger partial charge in [-0.15, -0.1) is 0 Å². The number of ether oxygens (including phenoxy) is 1. The number of ketones is 3. The van der Waals surface area contributed by atoms with Gasteiger partial charge in [-0.25, -0.2) is 0 Å². The minimum atomic E-state index is -1.71. The number of fused-ring (bicyclic) bond motifs is 5. The van der Waals surface area contributed by atoms with Crippen molar-refractivity contribution in [3.05, 3.63) is 23.8 Å². The summed E-state index contributed by atoms with van der Waals surface area (Å²) in [6, 6.07) is 0. The molecule has 0 bridgehead atoms. The summed E-state index contributed by atoms with van der Waals surface area (Å²) in [5.74, 6) is -1.63. The molecule has 6 heteroatoms. The molecule has 0 aromatic rings. The fraction of sp³-hybridized carbons (Fsp3) is 0.667. The monoisotopic (exact) mass is 414 g/mol. The lowest BCUT2D eigenvalue weighted by atomic mass is 9.46. The van der Waals surface area contributed by atoms with Crippen LogP contribution in [-0.2, 0) is 23.9 Å². The Balaban J connectivity index is 1.71. The summed E-state index contributed by atoms with van der Waals surface area (Å²) >= 11 is 0. The van der Waals surface area contributed by atoms with Crippen molar-refractivity contribution in [2.45, 2.75) is 59.0 Å². The van der Waals surface area contributed by atoms with Crippen molar-refractivity contribution in [2.75, 3.05) is 6.61 Å². The quantitative estimate of drug-likeness (QED) is 0.713. The zero-order chi connectivity index (χ0) is 22.1. The first kappa shape index (κ1) is 21.2. The van der Waals surface area contributed by atoms with E-state index in [9.17, 15) is 24.3 Å². The second-order valence-corrected chi connectivity index (χ2v) is 10.1. The average Bonchev–Trinajstić information content (AvgIpc) is 2.87. The van der Waals surface area contributed by atoms with Crippen LogP contribution in [0.4, 0.5) is 0 Å². The highest BCUT2D eigenvalue weighted by Gasteiger charge is 2.70. The lowest BCUT2D eigenvalue weighted by Crippen LogP contribution is -2.62. The van der Waals surface area contributed by atoms with E-state index in [1.807, 2.05) is 26.8 Å². The number of esters is 1. The molecule has 0 unspecified atom stereocenters. The Morgan fingerprint density at radius 2 is 1.97 bits per heavy atom. The van der Waals surface area contributed by atoms with E-state index in [0.29, 0.717) is 6.42 Å². The summed E-state index contributed by atoms with van der Waals surface area (Å²) in [7, 11) is 0. The molecule has 1 N–H and O–H groups in total. The Morgan fingerprint density at radius 1 is 1.27 bits per heavy atom. The van der Waals surface area contributed by atoms with Gasteiger partial charge in [-0.05, 0) is 49.2 Å². The summed E-state index contributed by atoms with van der Waals surface area (Å²) in [4.78, 5) is 49.7. The number of carbonyl (C=O) groups is 4. The number of hydrogen-bond donors (Lipinski definition) is 1. The molecule has 0 spiro atoms. The molecule has 4 aliphatic carbocycles. The maximum Gasteiger partial charge on any atom is 0.303 e. The van der Waals surface area contributed by atoms with Gasteiger partial charge >= 0.3 is 5.97 Å². The fourth-order valence-corrected chi connectivity index (χ4v) is 7.24. The van der Waals surface area contributed by atoms with Crippen molar-refractivity contribution in [1.82, 2.24) is 0 Å². The molecule has 0 saturated heterocycles. The second kappa shape index (κ2) is 6.71. The molecule has 0 aromatic carbocycles. The van der Waals surface area contributed by atoms with E-state index < -0.39 is 34.8 Å². The maximum atomic E-state index is 13.5. The molecule has 6 nitrogen and oxygen atoms in total. The van der Waals surface area contributed by atoms with Crippen LogP contribution in [0.25, 0.3) is 0 Å². The smallest absolute Gasteiger partial charge is 0.303 e. The highest BCUT2D eigenvalue weighted by atomic mass is 16.5. The van der Waals surface area contributed by atoms with Gasteiger partial charge < -0.3 is 9.84 Å². The van der Waals surface area contributed by atoms with Crippen LogP contribution < -0.4 is 0 Å². The van der Waals surface area contributed by atoms with E-state index in [4.69, 9.17) is 4.74 Å². The Kier molecular flexibility index (Phi) is 4.73. The third-order valence-corrected chi connectivity index (χ3v) is 8.67.